The van der Waals surface area contributed by atoms with E-state index < -0.39 is 0 Å². The summed E-state index contributed by atoms with van der Waals surface area (Å²) in [5, 5.41) is 4.04. The van der Waals surface area contributed by atoms with E-state index in [4.69, 9.17) is 0 Å². The molecule has 0 aliphatic heterocycles. The molecule has 1 saturated carbocycles. The molecule has 2 heterocycles. The molecule has 0 radical (unpaired) electrons. The summed E-state index contributed by atoms with van der Waals surface area (Å²) in [6.45, 7) is 2.50. The second-order valence-electron chi connectivity index (χ2n) is 14.8. The average molecular weight is 668 g/mol. The number of fused-ring (bicyclic) bond motifs is 9. The lowest BCUT2D eigenvalue weighted by Gasteiger charge is -2.62. The molecule has 2 aliphatic rings. The van der Waals surface area contributed by atoms with E-state index >= 15 is 0 Å². The molecule has 2 unspecified atom stereocenters. The van der Waals surface area contributed by atoms with Gasteiger partial charge in [0.05, 0.1) is 16.6 Å². The minimum Gasteiger partial charge on any atom is -0.313 e. The molecule has 3 nitrogen and oxygen atoms in total. The molecular weight excluding hydrogens is 631 g/mol. The van der Waals surface area contributed by atoms with Gasteiger partial charge in [-0.05, 0) is 108 Å². The van der Waals surface area contributed by atoms with Crippen molar-refractivity contribution in [2.24, 2.45) is 0 Å². The normalized spacial score (nSPS) is 18.9. The first-order valence-electron chi connectivity index (χ1n) is 18.4. The van der Waals surface area contributed by atoms with Gasteiger partial charge < -0.3 is 14.0 Å². The van der Waals surface area contributed by atoms with Gasteiger partial charge in [-0.25, -0.2) is 0 Å². The molecule has 248 valence electrons. The van der Waals surface area contributed by atoms with Gasteiger partial charge in [0, 0.05) is 61.6 Å². The Hall–Kier alpha value is -6.32. The van der Waals surface area contributed by atoms with Crippen molar-refractivity contribution in [2.45, 2.75) is 30.6 Å². The summed E-state index contributed by atoms with van der Waals surface area (Å²) in [5.74, 6) is 1.02. The van der Waals surface area contributed by atoms with Gasteiger partial charge in [0.15, 0.2) is 0 Å². The van der Waals surface area contributed by atoms with Crippen LogP contribution < -0.4 is 4.90 Å². The van der Waals surface area contributed by atoms with E-state index in [2.05, 4.69) is 203 Å². The topological polar surface area (TPSA) is 13.1 Å². The van der Waals surface area contributed by atoms with Crippen molar-refractivity contribution in [2.75, 3.05) is 4.90 Å². The predicted molar refractivity (Wildman–Crippen MR) is 216 cm³/mol. The lowest BCUT2D eigenvalue weighted by molar-refractivity contribution is 0.120. The molecule has 0 N–H and O–H groups in total. The molecule has 2 aromatic heterocycles. The van der Waals surface area contributed by atoms with Crippen molar-refractivity contribution < 1.29 is 0 Å². The third-order valence-electron chi connectivity index (χ3n) is 12.0. The molecule has 52 heavy (non-hydrogen) atoms. The van der Waals surface area contributed by atoms with Crippen LogP contribution in [-0.2, 0) is 5.41 Å². The van der Waals surface area contributed by atoms with E-state index in [9.17, 15) is 0 Å². The highest BCUT2D eigenvalue weighted by atomic mass is 15.1. The van der Waals surface area contributed by atoms with Crippen LogP contribution in [0.15, 0.2) is 182 Å². The van der Waals surface area contributed by atoms with Crippen LogP contribution in [0.25, 0.3) is 44.1 Å². The first-order valence-corrected chi connectivity index (χ1v) is 18.4. The summed E-state index contributed by atoms with van der Waals surface area (Å²) in [6.07, 6.45) is 1.17. The van der Waals surface area contributed by atoms with Crippen LogP contribution in [0.3, 0.4) is 0 Å². The van der Waals surface area contributed by atoms with Crippen LogP contribution in [0.5, 0.6) is 0 Å². The second kappa shape index (κ2) is 11.1. The number of para-hydroxylation sites is 5. The van der Waals surface area contributed by atoms with Gasteiger partial charge in [-0.15, -0.1) is 0 Å². The molecule has 1 fully saturated rings. The fourth-order valence-corrected chi connectivity index (χ4v) is 9.82. The van der Waals surface area contributed by atoms with E-state index in [1.165, 1.54) is 56.1 Å². The minimum atomic E-state index is 0.174. The Balaban J connectivity index is 0.994. The number of benzene rings is 7. The Morgan fingerprint density at radius 2 is 1.00 bits per heavy atom. The molecule has 3 heteroatoms. The molecule has 2 aliphatic carbocycles. The van der Waals surface area contributed by atoms with E-state index in [1.54, 1.807) is 5.56 Å². The highest BCUT2D eigenvalue weighted by molar-refractivity contribution is 6.09. The Kier molecular flexibility index (Phi) is 6.27. The van der Waals surface area contributed by atoms with Gasteiger partial charge >= 0.3 is 0 Å². The van der Waals surface area contributed by atoms with Crippen molar-refractivity contribution in [1.82, 2.24) is 9.13 Å². The number of hydrogen-bond donors (Lipinski definition) is 0. The number of hydrogen-bond acceptors (Lipinski definition) is 1. The molecular formula is C49H37N3. The Bertz CT molecular complexity index is 2740. The second-order valence-corrected chi connectivity index (χ2v) is 14.8. The van der Waals surface area contributed by atoms with Gasteiger partial charge in [-0.3, -0.25) is 0 Å². The molecule has 9 aromatic rings. The zero-order chi connectivity index (χ0) is 34.4. The largest absolute Gasteiger partial charge is 0.313 e. The third-order valence-corrected chi connectivity index (χ3v) is 12.0. The van der Waals surface area contributed by atoms with Crippen LogP contribution in [-0.4, -0.2) is 9.13 Å². The molecule has 0 spiro atoms. The fraction of sp³-hybridized carbons (Fsp3) is 0.102. The smallest absolute Gasteiger partial charge is 0.0541 e. The van der Waals surface area contributed by atoms with Gasteiger partial charge in [0.2, 0.25) is 0 Å². The van der Waals surface area contributed by atoms with E-state index in [0.717, 1.165) is 22.7 Å². The summed E-state index contributed by atoms with van der Waals surface area (Å²) < 4.78 is 4.98. The van der Waals surface area contributed by atoms with Crippen LogP contribution in [0, 0.1) is 0 Å². The van der Waals surface area contributed by atoms with Crippen molar-refractivity contribution in [3.63, 3.8) is 0 Å². The van der Waals surface area contributed by atoms with Crippen LogP contribution >= 0.6 is 0 Å². The average Bonchev–Trinajstić information content (AvgIpc) is 3.70. The zero-order valence-electron chi connectivity index (χ0n) is 29.0. The Labute approximate surface area is 303 Å². The van der Waals surface area contributed by atoms with Crippen LogP contribution in [0.2, 0.25) is 0 Å². The lowest BCUT2D eigenvalue weighted by atomic mass is 9.42. The first kappa shape index (κ1) is 29.4. The van der Waals surface area contributed by atoms with Gasteiger partial charge in [0.1, 0.15) is 0 Å². The molecule has 0 bridgehead atoms. The molecule has 7 aromatic carbocycles. The molecule has 0 saturated heterocycles. The van der Waals surface area contributed by atoms with E-state index in [-0.39, 0.29) is 5.41 Å². The fourth-order valence-electron chi connectivity index (χ4n) is 9.82. The molecule has 0 amide bonds. The highest BCUT2D eigenvalue weighted by Crippen LogP contribution is 2.72. The molecule has 3 atom stereocenters. The predicted octanol–water partition coefficient (Wildman–Crippen LogP) is 12.7. The first-order chi connectivity index (χ1) is 25.7. The third kappa shape index (κ3) is 4.08. The summed E-state index contributed by atoms with van der Waals surface area (Å²) in [5.41, 5.74) is 14.3. The zero-order valence-corrected chi connectivity index (χ0v) is 29.0. The van der Waals surface area contributed by atoms with Crippen LogP contribution in [0.1, 0.15) is 42.0 Å². The maximum Gasteiger partial charge on any atom is 0.0541 e. The number of nitrogens with zero attached hydrogens (tertiary/aromatic N) is 3. The number of aromatic nitrogens is 2. The quantitative estimate of drug-likeness (QED) is 0.172. The minimum absolute atomic E-state index is 0.174. The monoisotopic (exact) mass is 667 g/mol. The molecule has 11 rings (SSSR count). The van der Waals surface area contributed by atoms with Gasteiger partial charge in [-0.1, -0.05) is 104 Å². The van der Waals surface area contributed by atoms with Crippen molar-refractivity contribution in [1.29, 1.82) is 0 Å². The number of rotatable bonds is 6. The van der Waals surface area contributed by atoms with Crippen molar-refractivity contribution in [3.05, 3.63) is 199 Å². The van der Waals surface area contributed by atoms with Gasteiger partial charge in [0.25, 0.3) is 0 Å². The highest BCUT2D eigenvalue weighted by Gasteiger charge is 2.63. The Morgan fingerprint density at radius 1 is 0.481 bits per heavy atom. The summed E-state index contributed by atoms with van der Waals surface area (Å²) in [7, 11) is 0. The standard InChI is InChI=1S/C49H37N3/c1-49-32-42(47(49)46-40-22-12-14-24-44(40)52(48(46)49)36-19-9-4-10-20-36)33-25-30-45-41(31-33)39-21-11-13-23-43(39)51(45)38-28-26-37(27-29-38)50(34-15-5-2-6-16-34)35-17-7-3-8-18-35/h2-31,42,47H,32H2,1H3/t42?,47?,49-/m0/s1. The van der Waals surface area contributed by atoms with Crippen molar-refractivity contribution in [3.8, 4) is 11.4 Å². The maximum atomic E-state index is 2.54. The van der Waals surface area contributed by atoms with E-state index in [0.29, 0.717) is 11.8 Å². The Morgan fingerprint density at radius 3 is 1.67 bits per heavy atom. The summed E-state index contributed by atoms with van der Waals surface area (Å²) in [6, 6.07) is 66.4. The van der Waals surface area contributed by atoms with Crippen molar-refractivity contribution >= 4 is 49.8 Å². The lowest BCUT2D eigenvalue weighted by Crippen LogP contribution is -2.55. The van der Waals surface area contributed by atoms with Gasteiger partial charge in [-0.2, -0.15) is 0 Å². The maximum absolute atomic E-state index is 2.54. The van der Waals surface area contributed by atoms with E-state index in [1.807, 2.05) is 0 Å². The summed E-state index contributed by atoms with van der Waals surface area (Å²) >= 11 is 0. The number of anilines is 3. The van der Waals surface area contributed by atoms with Crippen LogP contribution in [0.4, 0.5) is 17.1 Å². The SMILES string of the molecule is C[C@]12CC(c3ccc4c(c3)c3ccccc3n4-c3ccc(N(c4ccccc4)c4ccccc4)cc3)C1c1c2n(-c2ccccc2)c2ccccc12. The summed E-state index contributed by atoms with van der Waals surface area (Å²) in [4.78, 5) is 2.32.